The highest BCUT2D eigenvalue weighted by Crippen LogP contribution is 2.06. The minimum atomic E-state index is -0.361. The molecular formula is C11H15ClO. The second-order valence-corrected chi connectivity index (χ2v) is 3.67. The topological polar surface area (TPSA) is 17.1 Å². The minimum absolute atomic E-state index is 0.361. The standard InChI is InChI=1S/C9H12.C2H3ClO/c1-7-4-8(2)6-9(3)5-7;1-2(3)4/h4-6H,1-3H3;1H3. The highest BCUT2D eigenvalue weighted by Gasteiger charge is 1.87. The summed E-state index contributed by atoms with van der Waals surface area (Å²) in [6.07, 6.45) is 0. The molecule has 0 spiro atoms. The normalized spacial score (nSPS) is 8.69. The molecule has 1 nitrogen and oxygen atoms in total. The predicted molar refractivity (Wildman–Crippen MR) is 57.2 cm³/mol. The molecule has 0 heterocycles. The first-order valence-electron chi connectivity index (χ1n) is 4.13. The molecule has 1 rings (SSSR count). The summed E-state index contributed by atoms with van der Waals surface area (Å²) in [5.74, 6) is 0. The maximum absolute atomic E-state index is 9.21. The van der Waals surface area contributed by atoms with Gasteiger partial charge in [0, 0.05) is 6.92 Å². The average Bonchev–Trinajstić information content (AvgIpc) is 1.80. The van der Waals surface area contributed by atoms with Crippen LogP contribution in [0, 0.1) is 20.8 Å². The van der Waals surface area contributed by atoms with Crippen molar-refractivity contribution in [3.05, 3.63) is 34.9 Å². The number of benzene rings is 1. The SMILES string of the molecule is CC(=O)Cl.Cc1cc(C)cc(C)c1. The molecule has 0 aromatic heterocycles. The van der Waals surface area contributed by atoms with Gasteiger partial charge in [0.1, 0.15) is 0 Å². The van der Waals surface area contributed by atoms with E-state index in [9.17, 15) is 4.79 Å². The molecule has 0 aliphatic carbocycles. The zero-order chi connectivity index (χ0) is 10.4. The molecule has 0 saturated heterocycles. The Bertz CT molecular complexity index is 238. The molecule has 0 bridgehead atoms. The maximum atomic E-state index is 9.21. The van der Waals surface area contributed by atoms with Crippen LogP contribution >= 0.6 is 11.6 Å². The zero-order valence-corrected chi connectivity index (χ0v) is 9.27. The third-order valence-electron chi connectivity index (χ3n) is 1.37. The second kappa shape index (κ2) is 5.76. The maximum Gasteiger partial charge on any atom is 0.218 e. The first kappa shape index (κ1) is 12.2. The fourth-order valence-corrected chi connectivity index (χ4v) is 1.20. The highest BCUT2D eigenvalue weighted by atomic mass is 35.5. The summed E-state index contributed by atoms with van der Waals surface area (Å²) in [5, 5.41) is -0.361. The van der Waals surface area contributed by atoms with Crippen molar-refractivity contribution in [2.24, 2.45) is 0 Å². The summed E-state index contributed by atoms with van der Waals surface area (Å²) in [5.41, 5.74) is 4.06. The van der Waals surface area contributed by atoms with Gasteiger partial charge in [-0.2, -0.15) is 0 Å². The Morgan fingerprint density at radius 3 is 1.31 bits per heavy atom. The number of carbonyl (C=O) groups is 1. The van der Waals surface area contributed by atoms with Gasteiger partial charge in [0.25, 0.3) is 0 Å². The molecule has 0 N–H and O–H groups in total. The summed E-state index contributed by atoms with van der Waals surface area (Å²) in [4.78, 5) is 9.21. The fraction of sp³-hybridized carbons (Fsp3) is 0.364. The molecule has 0 aliphatic heterocycles. The Morgan fingerprint density at radius 2 is 1.15 bits per heavy atom. The van der Waals surface area contributed by atoms with Crippen LogP contribution in [0.2, 0.25) is 0 Å². The number of hydrogen-bond donors (Lipinski definition) is 0. The van der Waals surface area contributed by atoms with Gasteiger partial charge in [-0.05, 0) is 32.4 Å². The lowest BCUT2D eigenvalue weighted by Crippen LogP contribution is -1.78. The van der Waals surface area contributed by atoms with Crippen molar-refractivity contribution in [3.8, 4) is 0 Å². The second-order valence-electron chi connectivity index (χ2n) is 3.14. The van der Waals surface area contributed by atoms with Gasteiger partial charge in [0.05, 0.1) is 0 Å². The minimum Gasteiger partial charge on any atom is -0.282 e. The number of aryl methyl sites for hydroxylation is 3. The zero-order valence-electron chi connectivity index (χ0n) is 8.52. The third-order valence-corrected chi connectivity index (χ3v) is 1.37. The van der Waals surface area contributed by atoms with E-state index in [1.165, 1.54) is 23.6 Å². The first-order valence-corrected chi connectivity index (χ1v) is 4.50. The lowest BCUT2D eigenvalue weighted by Gasteiger charge is -1.96. The van der Waals surface area contributed by atoms with Crippen LogP contribution in [0.15, 0.2) is 18.2 Å². The van der Waals surface area contributed by atoms with Crippen LogP contribution in [0.3, 0.4) is 0 Å². The summed E-state index contributed by atoms with van der Waals surface area (Å²) in [6, 6.07) is 6.56. The fourth-order valence-electron chi connectivity index (χ4n) is 1.20. The Balaban J connectivity index is 0.000000310. The molecule has 0 fully saturated rings. The van der Waals surface area contributed by atoms with E-state index in [0.717, 1.165) is 0 Å². The van der Waals surface area contributed by atoms with Gasteiger partial charge in [-0.15, -0.1) is 0 Å². The Morgan fingerprint density at radius 1 is 1.00 bits per heavy atom. The van der Waals surface area contributed by atoms with Crippen LogP contribution in [0.5, 0.6) is 0 Å². The smallest absolute Gasteiger partial charge is 0.218 e. The quantitative estimate of drug-likeness (QED) is 0.584. The first-order chi connectivity index (χ1) is 5.91. The molecule has 1 aromatic carbocycles. The van der Waals surface area contributed by atoms with E-state index in [-0.39, 0.29) is 5.24 Å². The van der Waals surface area contributed by atoms with Gasteiger partial charge in [-0.1, -0.05) is 34.9 Å². The Kier molecular flexibility index (Phi) is 5.40. The van der Waals surface area contributed by atoms with Crippen molar-refractivity contribution in [3.63, 3.8) is 0 Å². The van der Waals surface area contributed by atoms with Crippen LogP contribution in [-0.2, 0) is 4.79 Å². The number of rotatable bonds is 0. The molecule has 2 heteroatoms. The Hall–Kier alpha value is -0.820. The molecule has 0 radical (unpaired) electrons. The molecule has 0 unspecified atom stereocenters. The van der Waals surface area contributed by atoms with E-state index < -0.39 is 0 Å². The predicted octanol–water partition coefficient (Wildman–Crippen LogP) is 3.38. The lowest BCUT2D eigenvalue weighted by atomic mass is 10.1. The Labute approximate surface area is 84.7 Å². The molecular weight excluding hydrogens is 184 g/mol. The molecule has 1 aromatic rings. The molecule has 0 saturated carbocycles. The van der Waals surface area contributed by atoms with E-state index in [1.807, 2.05) is 0 Å². The molecule has 72 valence electrons. The molecule has 0 amide bonds. The highest BCUT2D eigenvalue weighted by molar-refractivity contribution is 6.62. The number of halogens is 1. The van der Waals surface area contributed by atoms with Crippen molar-refractivity contribution >= 4 is 16.8 Å². The van der Waals surface area contributed by atoms with Crippen molar-refractivity contribution in [2.45, 2.75) is 27.7 Å². The van der Waals surface area contributed by atoms with E-state index >= 15 is 0 Å². The van der Waals surface area contributed by atoms with Crippen molar-refractivity contribution in [2.75, 3.05) is 0 Å². The summed E-state index contributed by atoms with van der Waals surface area (Å²) >= 11 is 4.64. The van der Waals surface area contributed by atoms with Gasteiger partial charge < -0.3 is 0 Å². The van der Waals surface area contributed by atoms with Crippen molar-refractivity contribution < 1.29 is 4.79 Å². The van der Waals surface area contributed by atoms with Crippen molar-refractivity contribution in [1.29, 1.82) is 0 Å². The van der Waals surface area contributed by atoms with E-state index in [1.54, 1.807) is 0 Å². The summed E-state index contributed by atoms with van der Waals surface area (Å²) in [7, 11) is 0. The monoisotopic (exact) mass is 198 g/mol. The van der Waals surface area contributed by atoms with Crippen LogP contribution in [0.1, 0.15) is 23.6 Å². The van der Waals surface area contributed by atoms with Gasteiger partial charge in [0.15, 0.2) is 0 Å². The number of carbonyl (C=O) groups excluding carboxylic acids is 1. The van der Waals surface area contributed by atoms with E-state index in [4.69, 9.17) is 0 Å². The summed E-state index contributed by atoms with van der Waals surface area (Å²) in [6.45, 7) is 7.67. The van der Waals surface area contributed by atoms with Crippen LogP contribution in [-0.4, -0.2) is 5.24 Å². The van der Waals surface area contributed by atoms with E-state index in [2.05, 4.69) is 50.6 Å². The van der Waals surface area contributed by atoms with Gasteiger partial charge in [0.2, 0.25) is 5.24 Å². The molecule has 0 atom stereocenters. The lowest BCUT2D eigenvalue weighted by molar-refractivity contribution is -0.109. The third kappa shape index (κ3) is 7.54. The van der Waals surface area contributed by atoms with Gasteiger partial charge in [-0.25, -0.2) is 0 Å². The van der Waals surface area contributed by atoms with Gasteiger partial charge >= 0.3 is 0 Å². The van der Waals surface area contributed by atoms with Crippen LogP contribution in [0.25, 0.3) is 0 Å². The molecule has 13 heavy (non-hydrogen) atoms. The number of hydrogen-bond acceptors (Lipinski definition) is 1. The van der Waals surface area contributed by atoms with Crippen molar-refractivity contribution in [1.82, 2.24) is 0 Å². The van der Waals surface area contributed by atoms with Gasteiger partial charge in [-0.3, -0.25) is 4.79 Å². The summed E-state index contributed by atoms with van der Waals surface area (Å²) < 4.78 is 0. The van der Waals surface area contributed by atoms with Crippen LogP contribution in [0.4, 0.5) is 0 Å². The largest absolute Gasteiger partial charge is 0.282 e. The van der Waals surface area contributed by atoms with E-state index in [0.29, 0.717) is 0 Å². The van der Waals surface area contributed by atoms with Crippen LogP contribution < -0.4 is 0 Å². The average molecular weight is 199 g/mol. The molecule has 0 aliphatic rings.